The average molecular weight is 273 g/mol. The molecule has 0 saturated heterocycles. The highest BCUT2D eigenvalue weighted by molar-refractivity contribution is 5.99. The SMILES string of the molecule is CNc1cc(C)ncc1C(=O)N(C)Cc1cnn(C)c1. The number of aromatic nitrogens is 3. The Morgan fingerprint density at radius 2 is 2.20 bits per heavy atom. The lowest BCUT2D eigenvalue weighted by atomic mass is 10.2. The van der Waals surface area contributed by atoms with Crippen molar-refractivity contribution < 1.29 is 4.79 Å². The normalized spacial score (nSPS) is 10.4. The van der Waals surface area contributed by atoms with Crippen LogP contribution in [0.4, 0.5) is 5.69 Å². The number of nitrogens with zero attached hydrogens (tertiary/aromatic N) is 4. The van der Waals surface area contributed by atoms with E-state index in [0.29, 0.717) is 12.1 Å². The zero-order valence-electron chi connectivity index (χ0n) is 12.2. The first-order valence-electron chi connectivity index (χ1n) is 6.38. The predicted molar refractivity (Wildman–Crippen MR) is 77.5 cm³/mol. The van der Waals surface area contributed by atoms with Gasteiger partial charge in [-0.25, -0.2) is 0 Å². The Morgan fingerprint density at radius 3 is 2.80 bits per heavy atom. The van der Waals surface area contributed by atoms with Gasteiger partial charge < -0.3 is 10.2 Å². The number of carbonyl (C=O) groups excluding carboxylic acids is 1. The van der Waals surface area contributed by atoms with Gasteiger partial charge >= 0.3 is 0 Å². The van der Waals surface area contributed by atoms with Crippen LogP contribution in [0.1, 0.15) is 21.6 Å². The van der Waals surface area contributed by atoms with Gasteiger partial charge in [-0.15, -0.1) is 0 Å². The predicted octanol–water partition coefficient (Wildman–Crippen LogP) is 1.44. The van der Waals surface area contributed by atoms with Crippen molar-refractivity contribution in [3.63, 3.8) is 0 Å². The molecule has 0 aliphatic heterocycles. The summed E-state index contributed by atoms with van der Waals surface area (Å²) in [6.45, 7) is 2.41. The van der Waals surface area contributed by atoms with E-state index in [9.17, 15) is 4.79 Å². The molecular formula is C14H19N5O. The van der Waals surface area contributed by atoms with Gasteiger partial charge in [-0.2, -0.15) is 5.10 Å². The monoisotopic (exact) mass is 273 g/mol. The molecule has 6 heteroatoms. The van der Waals surface area contributed by atoms with Crippen LogP contribution in [0, 0.1) is 6.92 Å². The number of aryl methyl sites for hydroxylation is 2. The molecule has 0 radical (unpaired) electrons. The first-order valence-corrected chi connectivity index (χ1v) is 6.38. The Labute approximate surface area is 118 Å². The summed E-state index contributed by atoms with van der Waals surface area (Å²) in [5, 5.41) is 7.14. The van der Waals surface area contributed by atoms with Gasteiger partial charge in [-0.05, 0) is 13.0 Å². The Bertz CT molecular complexity index is 620. The quantitative estimate of drug-likeness (QED) is 0.915. The Morgan fingerprint density at radius 1 is 1.45 bits per heavy atom. The van der Waals surface area contributed by atoms with Crippen molar-refractivity contribution in [3.05, 3.63) is 41.5 Å². The summed E-state index contributed by atoms with van der Waals surface area (Å²) >= 11 is 0. The second-order valence-corrected chi connectivity index (χ2v) is 4.80. The maximum absolute atomic E-state index is 12.5. The number of carbonyl (C=O) groups is 1. The number of hydrogen-bond donors (Lipinski definition) is 1. The molecular weight excluding hydrogens is 254 g/mol. The summed E-state index contributed by atoms with van der Waals surface area (Å²) in [4.78, 5) is 18.3. The molecule has 0 atom stereocenters. The zero-order valence-corrected chi connectivity index (χ0v) is 12.2. The van der Waals surface area contributed by atoms with E-state index in [1.165, 1.54) is 0 Å². The first-order chi connectivity index (χ1) is 9.51. The van der Waals surface area contributed by atoms with Crippen molar-refractivity contribution in [1.82, 2.24) is 19.7 Å². The molecule has 0 aliphatic rings. The van der Waals surface area contributed by atoms with E-state index in [2.05, 4.69) is 15.4 Å². The molecule has 0 spiro atoms. The fraction of sp³-hybridized carbons (Fsp3) is 0.357. The fourth-order valence-corrected chi connectivity index (χ4v) is 2.04. The second kappa shape index (κ2) is 5.73. The van der Waals surface area contributed by atoms with Gasteiger partial charge in [-0.3, -0.25) is 14.5 Å². The lowest BCUT2D eigenvalue weighted by Crippen LogP contribution is -2.27. The van der Waals surface area contributed by atoms with Gasteiger partial charge in [0.25, 0.3) is 5.91 Å². The molecule has 1 amide bonds. The van der Waals surface area contributed by atoms with Crippen molar-refractivity contribution in [2.24, 2.45) is 7.05 Å². The Kier molecular flexibility index (Phi) is 4.02. The topological polar surface area (TPSA) is 63.1 Å². The third kappa shape index (κ3) is 2.96. The molecule has 0 saturated carbocycles. The van der Waals surface area contributed by atoms with Gasteiger partial charge in [0.2, 0.25) is 0 Å². The van der Waals surface area contributed by atoms with Gasteiger partial charge in [0, 0.05) is 51.3 Å². The fourth-order valence-electron chi connectivity index (χ4n) is 2.04. The van der Waals surface area contributed by atoms with E-state index in [0.717, 1.165) is 16.9 Å². The minimum absolute atomic E-state index is 0.0642. The number of nitrogens with one attached hydrogen (secondary N) is 1. The van der Waals surface area contributed by atoms with Crippen LogP contribution in [-0.2, 0) is 13.6 Å². The average Bonchev–Trinajstić information content (AvgIpc) is 2.83. The van der Waals surface area contributed by atoms with E-state index < -0.39 is 0 Å². The van der Waals surface area contributed by atoms with Gasteiger partial charge in [0.1, 0.15) is 0 Å². The van der Waals surface area contributed by atoms with E-state index in [4.69, 9.17) is 0 Å². The van der Waals surface area contributed by atoms with Crippen molar-refractivity contribution >= 4 is 11.6 Å². The molecule has 0 unspecified atom stereocenters. The molecule has 2 heterocycles. The van der Waals surface area contributed by atoms with Crippen molar-refractivity contribution in [3.8, 4) is 0 Å². The van der Waals surface area contributed by atoms with Gasteiger partial charge in [-0.1, -0.05) is 0 Å². The van der Waals surface area contributed by atoms with Crippen LogP contribution in [0.3, 0.4) is 0 Å². The lowest BCUT2D eigenvalue weighted by Gasteiger charge is -2.18. The van der Waals surface area contributed by atoms with Crippen molar-refractivity contribution in [2.45, 2.75) is 13.5 Å². The molecule has 0 bridgehead atoms. The number of hydrogen-bond acceptors (Lipinski definition) is 4. The van der Waals surface area contributed by atoms with Crippen molar-refractivity contribution in [1.29, 1.82) is 0 Å². The molecule has 2 rings (SSSR count). The van der Waals surface area contributed by atoms with Crippen LogP contribution < -0.4 is 5.32 Å². The molecule has 20 heavy (non-hydrogen) atoms. The highest BCUT2D eigenvalue weighted by Gasteiger charge is 2.16. The molecule has 2 aromatic rings. The molecule has 0 aromatic carbocycles. The zero-order chi connectivity index (χ0) is 14.7. The third-order valence-corrected chi connectivity index (χ3v) is 3.07. The van der Waals surface area contributed by atoms with Crippen LogP contribution in [0.2, 0.25) is 0 Å². The summed E-state index contributed by atoms with van der Waals surface area (Å²) in [7, 11) is 5.43. The molecule has 0 fully saturated rings. The molecule has 0 aliphatic carbocycles. The van der Waals surface area contributed by atoms with Gasteiger partial charge in [0.05, 0.1) is 17.4 Å². The summed E-state index contributed by atoms with van der Waals surface area (Å²) < 4.78 is 1.72. The van der Waals surface area contributed by atoms with E-state index in [1.807, 2.05) is 26.2 Å². The van der Waals surface area contributed by atoms with E-state index in [1.54, 1.807) is 36.1 Å². The summed E-state index contributed by atoms with van der Waals surface area (Å²) in [5.41, 5.74) is 3.24. The Balaban J connectivity index is 2.18. The van der Waals surface area contributed by atoms with Crippen LogP contribution in [-0.4, -0.2) is 39.7 Å². The smallest absolute Gasteiger partial charge is 0.257 e. The van der Waals surface area contributed by atoms with E-state index >= 15 is 0 Å². The number of pyridine rings is 1. The largest absolute Gasteiger partial charge is 0.387 e. The standard InChI is InChI=1S/C14H19N5O/c1-10-5-13(15-2)12(7-16-10)14(20)18(3)8-11-6-17-19(4)9-11/h5-7,9H,8H2,1-4H3,(H,15,16). The summed E-state index contributed by atoms with van der Waals surface area (Å²) in [5.74, 6) is -0.0642. The molecule has 1 N–H and O–H groups in total. The minimum atomic E-state index is -0.0642. The Hall–Kier alpha value is -2.37. The highest BCUT2D eigenvalue weighted by Crippen LogP contribution is 2.17. The highest BCUT2D eigenvalue weighted by atomic mass is 16.2. The second-order valence-electron chi connectivity index (χ2n) is 4.80. The maximum Gasteiger partial charge on any atom is 0.257 e. The van der Waals surface area contributed by atoms with Gasteiger partial charge in [0.15, 0.2) is 0 Å². The number of rotatable bonds is 4. The van der Waals surface area contributed by atoms with Crippen LogP contribution in [0.5, 0.6) is 0 Å². The van der Waals surface area contributed by atoms with Crippen molar-refractivity contribution in [2.75, 3.05) is 19.4 Å². The third-order valence-electron chi connectivity index (χ3n) is 3.07. The van der Waals surface area contributed by atoms with Crippen LogP contribution >= 0.6 is 0 Å². The number of amides is 1. The van der Waals surface area contributed by atoms with E-state index in [-0.39, 0.29) is 5.91 Å². The summed E-state index contributed by atoms with van der Waals surface area (Å²) in [6.07, 6.45) is 5.27. The lowest BCUT2D eigenvalue weighted by molar-refractivity contribution is 0.0785. The molecule has 106 valence electrons. The summed E-state index contributed by atoms with van der Waals surface area (Å²) in [6, 6.07) is 1.87. The molecule has 6 nitrogen and oxygen atoms in total. The number of anilines is 1. The minimum Gasteiger partial charge on any atom is -0.387 e. The van der Waals surface area contributed by atoms with Crippen LogP contribution in [0.25, 0.3) is 0 Å². The maximum atomic E-state index is 12.5. The molecule has 2 aromatic heterocycles. The first kappa shape index (κ1) is 14.0. The van der Waals surface area contributed by atoms with Crippen LogP contribution in [0.15, 0.2) is 24.7 Å².